The van der Waals surface area contributed by atoms with Crippen LogP contribution < -0.4 is 10.6 Å². The van der Waals surface area contributed by atoms with Crippen LogP contribution in [0.2, 0.25) is 0 Å². The van der Waals surface area contributed by atoms with Crippen molar-refractivity contribution >= 4 is 10.9 Å². The Kier molecular flexibility index (Phi) is 6.83. The molecule has 0 aliphatic carbocycles. The van der Waals surface area contributed by atoms with E-state index in [0.717, 1.165) is 46.9 Å². The van der Waals surface area contributed by atoms with Gasteiger partial charge in [-0.05, 0) is 56.6 Å². The fourth-order valence-corrected chi connectivity index (χ4v) is 3.56. The van der Waals surface area contributed by atoms with E-state index >= 15 is 0 Å². The Bertz CT molecular complexity index is 986. The van der Waals surface area contributed by atoms with Gasteiger partial charge in [-0.25, -0.2) is 8.78 Å². The molecule has 0 spiro atoms. The fourth-order valence-electron chi connectivity index (χ4n) is 3.56. The molecule has 1 atom stereocenters. The van der Waals surface area contributed by atoms with E-state index in [1.54, 1.807) is 0 Å². The number of hydrogen-bond donors (Lipinski definition) is 3. The van der Waals surface area contributed by atoms with Crippen molar-refractivity contribution in [3.05, 3.63) is 84.6 Å². The van der Waals surface area contributed by atoms with E-state index in [2.05, 4.69) is 28.8 Å². The van der Waals surface area contributed by atoms with Gasteiger partial charge in [0.2, 0.25) is 0 Å². The Morgan fingerprint density at radius 2 is 1.90 bits per heavy atom. The van der Waals surface area contributed by atoms with Crippen LogP contribution in [-0.2, 0) is 6.42 Å². The minimum Gasteiger partial charge on any atom is -0.383 e. The Balaban J connectivity index is 1.84. The molecule has 5 heteroatoms. The van der Waals surface area contributed by atoms with E-state index < -0.39 is 11.6 Å². The zero-order valence-corrected chi connectivity index (χ0v) is 16.7. The molecule has 0 amide bonds. The molecule has 1 unspecified atom stereocenters. The summed E-state index contributed by atoms with van der Waals surface area (Å²) in [4.78, 5) is 3.33. The van der Waals surface area contributed by atoms with Gasteiger partial charge < -0.3 is 15.6 Å². The lowest BCUT2D eigenvalue weighted by atomic mass is 10.00. The first-order chi connectivity index (χ1) is 14.0. The van der Waals surface area contributed by atoms with Gasteiger partial charge in [0.1, 0.15) is 11.6 Å². The Morgan fingerprint density at radius 1 is 1.17 bits per heavy atom. The fraction of sp³-hybridized carbons (Fsp3) is 0.250. The second-order valence-electron chi connectivity index (χ2n) is 7.16. The number of hydrogen-bond acceptors (Lipinski definition) is 2. The third-order valence-electron chi connectivity index (χ3n) is 5.02. The van der Waals surface area contributed by atoms with E-state index in [-0.39, 0.29) is 6.04 Å². The van der Waals surface area contributed by atoms with Crippen LogP contribution in [-0.4, -0.2) is 24.6 Å². The summed E-state index contributed by atoms with van der Waals surface area (Å²) < 4.78 is 27.6. The molecular formula is C24H27F2N3. The lowest BCUT2D eigenvalue weighted by molar-refractivity contribution is 0.580. The number of fused-ring (bicyclic) bond motifs is 1. The molecule has 152 valence electrons. The number of benzene rings is 2. The molecule has 0 aliphatic heterocycles. The smallest absolute Gasteiger partial charge is 0.126 e. The maximum absolute atomic E-state index is 13.8. The highest BCUT2D eigenvalue weighted by atomic mass is 19.1. The molecule has 1 aromatic heterocycles. The van der Waals surface area contributed by atoms with Crippen LogP contribution in [0.4, 0.5) is 8.78 Å². The molecule has 0 aliphatic rings. The quantitative estimate of drug-likeness (QED) is 0.407. The molecule has 0 saturated carbocycles. The predicted molar refractivity (Wildman–Crippen MR) is 117 cm³/mol. The molecule has 29 heavy (non-hydrogen) atoms. The van der Waals surface area contributed by atoms with Gasteiger partial charge in [-0.1, -0.05) is 30.9 Å². The normalized spacial score (nSPS) is 12.1. The third-order valence-corrected chi connectivity index (χ3v) is 5.02. The first kappa shape index (κ1) is 20.8. The number of H-pyrrole nitrogens is 1. The van der Waals surface area contributed by atoms with Gasteiger partial charge in [0.25, 0.3) is 0 Å². The minimum atomic E-state index is -0.589. The van der Waals surface area contributed by atoms with Gasteiger partial charge in [-0.15, -0.1) is 6.58 Å². The average molecular weight is 395 g/mol. The van der Waals surface area contributed by atoms with Crippen molar-refractivity contribution in [2.24, 2.45) is 0 Å². The van der Waals surface area contributed by atoms with E-state index in [4.69, 9.17) is 0 Å². The number of para-hydroxylation sites is 1. The minimum absolute atomic E-state index is 0.148. The number of allylic oxidation sites excluding steroid dienone is 1. The van der Waals surface area contributed by atoms with Crippen LogP contribution in [0.3, 0.4) is 0 Å². The number of rotatable bonds is 10. The molecule has 3 nitrogen and oxygen atoms in total. The molecule has 2 aromatic carbocycles. The largest absolute Gasteiger partial charge is 0.383 e. The number of nitrogens with one attached hydrogen (secondary N) is 3. The summed E-state index contributed by atoms with van der Waals surface area (Å²) in [5.74, 6) is -1.18. The SMILES string of the molecule is C=CC(CCNC)NC(=C)CCc1c(-c2cc(F)cc(F)c2)[nH]c2ccccc12. The van der Waals surface area contributed by atoms with Gasteiger partial charge >= 0.3 is 0 Å². The maximum atomic E-state index is 13.8. The summed E-state index contributed by atoms with van der Waals surface area (Å²) in [6.45, 7) is 8.92. The first-order valence-corrected chi connectivity index (χ1v) is 9.79. The van der Waals surface area contributed by atoms with Crippen molar-refractivity contribution in [3.8, 4) is 11.3 Å². The molecule has 0 fully saturated rings. The average Bonchev–Trinajstić information content (AvgIpc) is 3.07. The number of aromatic nitrogens is 1. The molecular weight excluding hydrogens is 368 g/mol. The monoisotopic (exact) mass is 395 g/mol. The van der Waals surface area contributed by atoms with E-state index in [9.17, 15) is 8.78 Å². The summed E-state index contributed by atoms with van der Waals surface area (Å²) in [6, 6.07) is 11.6. The van der Waals surface area contributed by atoms with Crippen molar-refractivity contribution in [2.45, 2.75) is 25.3 Å². The number of aryl methyl sites for hydroxylation is 1. The molecule has 0 radical (unpaired) electrons. The zero-order chi connectivity index (χ0) is 20.8. The van der Waals surface area contributed by atoms with Crippen molar-refractivity contribution in [3.63, 3.8) is 0 Å². The van der Waals surface area contributed by atoms with E-state index in [1.165, 1.54) is 12.1 Å². The summed E-state index contributed by atoms with van der Waals surface area (Å²) in [5, 5.41) is 7.59. The maximum Gasteiger partial charge on any atom is 0.126 e. The first-order valence-electron chi connectivity index (χ1n) is 9.79. The van der Waals surface area contributed by atoms with Crippen LogP contribution in [0.1, 0.15) is 18.4 Å². The molecule has 1 heterocycles. The zero-order valence-electron chi connectivity index (χ0n) is 16.7. The Morgan fingerprint density at radius 3 is 2.59 bits per heavy atom. The predicted octanol–water partition coefficient (Wildman–Crippen LogP) is 5.31. The van der Waals surface area contributed by atoms with Crippen molar-refractivity contribution in [1.82, 2.24) is 15.6 Å². The van der Waals surface area contributed by atoms with Gasteiger partial charge in [-0.2, -0.15) is 0 Å². The summed E-state index contributed by atoms with van der Waals surface area (Å²) >= 11 is 0. The number of halogens is 2. The lowest BCUT2D eigenvalue weighted by Crippen LogP contribution is -2.29. The van der Waals surface area contributed by atoms with Gasteiger partial charge in [0.15, 0.2) is 0 Å². The van der Waals surface area contributed by atoms with Crippen LogP contribution in [0.5, 0.6) is 0 Å². The summed E-state index contributed by atoms with van der Waals surface area (Å²) in [7, 11) is 1.92. The Hall–Kier alpha value is -2.92. The summed E-state index contributed by atoms with van der Waals surface area (Å²) in [5.41, 5.74) is 4.13. The highest BCUT2D eigenvalue weighted by Gasteiger charge is 2.15. The van der Waals surface area contributed by atoms with Crippen molar-refractivity contribution < 1.29 is 8.78 Å². The van der Waals surface area contributed by atoms with Crippen LogP contribution in [0.15, 0.2) is 67.4 Å². The molecule has 0 saturated heterocycles. The van der Waals surface area contributed by atoms with Crippen molar-refractivity contribution in [2.75, 3.05) is 13.6 Å². The lowest BCUT2D eigenvalue weighted by Gasteiger charge is -2.18. The highest BCUT2D eigenvalue weighted by molar-refractivity contribution is 5.90. The Labute approximate surface area is 170 Å². The molecule has 3 N–H and O–H groups in total. The second kappa shape index (κ2) is 9.52. The van der Waals surface area contributed by atoms with Gasteiger partial charge in [0, 0.05) is 40.0 Å². The van der Waals surface area contributed by atoms with Crippen LogP contribution >= 0.6 is 0 Å². The molecule has 0 bridgehead atoms. The number of aromatic amines is 1. The topological polar surface area (TPSA) is 39.8 Å². The third kappa shape index (κ3) is 5.12. The van der Waals surface area contributed by atoms with Crippen LogP contribution in [0, 0.1) is 11.6 Å². The second-order valence-corrected chi connectivity index (χ2v) is 7.16. The van der Waals surface area contributed by atoms with Gasteiger partial charge in [-0.3, -0.25) is 0 Å². The molecule has 3 rings (SSSR count). The molecule has 3 aromatic rings. The van der Waals surface area contributed by atoms with Crippen molar-refractivity contribution in [1.29, 1.82) is 0 Å². The highest BCUT2D eigenvalue weighted by Crippen LogP contribution is 2.32. The van der Waals surface area contributed by atoms with E-state index in [0.29, 0.717) is 18.4 Å². The van der Waals surface area contributed by atoms with Crippen LogP contribution in [0.25, 0.3) is 22.2 Å². The summed E-state index contributed by atoms with van der Waals surface area (Å²) in [6.07, 6.45) is 4.20. The van der Waals surface area contributed by atoms with Gasteiger partial charge in [0.05, 0.1) is 0 Å². The standard InChI is InChI=1S/C24H27F2N3/c1-4-20(11-12-27-3)28-16(2)9-10-22-21-7-5-6-8-23(21)29-24(22)17-13-18(25)15-19(26)14-17/h4-8,13-15,20,27-29H,1-2,9-12H2,3H3. The van der Waals surface area contributed by atoms with E-state index in [1.807, 2.05) is 37.4 Å².